The fourth-order valence-corrected chi connectivity index (χ4v) is 2.74. The highest BCUT2D eigenvalue weighted by molar-refractivity contribution is 5.07. The van der Waals surface area contributed by atoms with E-state index in [9.17, 15) is 8.78 Å². The van der Waals surface area contributed by atoms with Gasteiger partial charge in [0.15, 0.2) is 0 Å². The molecule has 0 bridgehead atoms. The van der Waals surface area contributed by atoms with Gasteiger partial charge in [0.2, 0.25) is 0 Å². The molecule has 0 spiro atoms. The number of hydrogen-bond donors (Lipinski definition) is 1. The third kappa shape index (κ3) is 2.07. The summed E-state index contributed by atoms with van der Waals surface area (Å²) in [5.41, 5.74) is 0. The van der Waals surface area contributed by atoms with Gasteiger partial charge in [-0.1, -0.05) is 19.1 Å². The first-order valence-corrected chi connectivity index (χ1v) is 5.80. The lowest BCUT2D eigenvalue weighted by Crippen LogP contribution is -2.44. The molecule has 1 nitrogen and oxygen atoms in total. The van der Waals surface area contributed by atoms with Crippen molar-refractivity contribution in [3.8, 4) is 0 Å². The number of hydrogen-bond acceptors (Lipinski definition) is 1. The van der Waals surface area contributed by atoms with E-state index in [4.69, 9.17) is 0 Å². The van der Waals surface area contributed by atoms with Gasteiger partial charge in [-0.15, -0.1) is 0 Å². The van der Waals surface area contributed by atoms with Crippen LogP contribution in [0.2, 0.25) is 0 Å². The number of allylic oxidation sites excluding steroid dienone is 2. The van der Waals surface area contributed by atoms with Crippen molar-refractivity contribution < 1.29 is 8.78 Å². The van der Waals surface area contributed by atoms with Gasteiger partial charge in [-0.25, -0.2) is 8.78 Å². The van der Waals surface area contributed by atoms with E-state index in [2.05, 4.69) is 19.2 Å². The smallest absolute Gasteiger partial charge is 0.125 e. The summed E-state index contributed by atoms with van der Waals surface area (Å²) in [4.78, 5) is 0. The molecule has 6 unspecified atom stereocenters. The fraction of sp³-hybridized carbons (Fsp3) is 0.833. The Morgan fingerprint density at radius 3 is 2.53 bits per heavy atom. The van der Waals surface area contributed by atoms with Crippen molar-refractivity contribution in [3.05, 3.63) is 12.2 Å². The van der Waals surface area contributed by atoms with Gasteiger partial charge in [0.1, 0.15) is 12.3 Å². The second kappa shape index (κ2) is 4.20. The first kappa shape index (κ1) is 11.1. The average Bonchev–Trinajstić information content (AvgIpc) is 2.46. The zero-order valence-electron chi connectivity index (χ0n) is 9.29. The Balaban J connectivity index is 2.06. The molecule has 1 N–H and O–H groups in total. The van der Waals surface area contributed by atoms with Gasteiger partial charge in [-0.05, 0) is 25.7 Å². The average molecular weight is 215 g/mol. The van der Waals surface area contributed by atoms with E-state index in [1.54, 1.807) is 6.08 Å². The third-order valence-corrected chi connectivity index (χ3v) is 3.89. The maximum Gasteiger partial charge on any atom is 0.125 e. The highest BCUT2D eigenvalue weighted by atomic mass is 19.1. The van der Waals surface area contributed by atoms with Gasteiger partial charge >= 0.3 is 0 Å². The zero-order chi connectivity index (χ0) is 11.0. The summed E-state index contributed by atoms with van der Waals surface area (Å²) in [7, 11) is 0. The molecule has 0 saturated carbocycles. The van der Waals surface area contributed by atoms with Gasteiger partial charge in [-0.2, -0.15) is 0 Å². The molecule has 0 aromatic carbocycles. The van der Waals surface area contributed by atoms with Crippen LogP contribution in [-0.4, -0.2) is 24.4 Å². The Hall–Kier alpha value is -0.440. The summed E-state index contributed by atoms with van der Waals surface area (Å²) in [6.07, 6.45) is 2.24. The lowest BCUT2D eigenvalue weighted by atomic mass is 9.83. The summed E-state index contributed by atoms with van der Waals surface area (Å²) in [5, 5.41) is 3.32. The molecule has 1 saturated heterocycles. The molecule has 15 heavy (non-hydrogen) atoms. The monoisotopic (exact) mass is 215 g/mol. The number of halogens is 2. The van der Waals surface area contributed by atoms with Crippen LogP contribution >= 0.6 is 0 Å². The van der Waals surface area contributed by atoms with E-state index < -0.39 is 18.3 Å². The van der Waals surface area contributed by atoms with Crippen LogP contribution < -0.4 is 5.32 Å². The van der Waals surface area contributed by atoms with Crippen molar-refractivity contribution >= 4 is 0 Å². The molecular formula is C12H19F2N. The zero-order valence-corrected chi connectivity index (χ0v) is 9.29. The van der Waals surface area contributed by atoms with Crippen molar-refractivity contribution in [1.29, 1.82) is 0 Å². The Morgan fingerprint density at radius 2 is 2.00 bits per heavy atom. The minimum atomic E-state index is -1.12. The van der Waals surface area contributed by atoms with Crippen LogP contribution in [0.3, 0.4) is 0 Å². The quantitative estimate of drug-likeness (QED) is 0.663. The normalized spacial score (nSPS) is 50.9. The number of rotatable bonds is 1. The predicted molar refractivity (Wildman–Crippen MR) is 57.2 cm³/mol. The summed E-state index contributed by atoms with van der Waals surface area (Å²) >= 11 is 0. The summed E-state index contributed by atoms with van der Waals surface area (Å²) in [5.74, 6) is 0.0303. The SMILES string of the molecule is CC1CC(C2C(F)C=CCC2F)NC1C. The maximum absolute atomic E-state index is 13.7. The molecule has 1 aliphatic carbocycles. The Bertz CT molecular complexity index is 244. The van der Waals surface area contributed by atoms with Crippen LogP contribution in [0, 0.1) is 11.8 Å². The largest absolute Gasteiger partial charge is 0.311 e. The number of nitrogens with one attached hydrogen (secondary N) is 1. The molecule has 1 heterocycles. The van der Waals surface area contributed by atoms with Gasteiger partial charge in [0.05, 0.1) is 0 Å². The first-order valence-electron chi connectivity index (χ1n) is 5.80. The van der Waals surface area contributed by atoms with E-state index in [1.807, 2.05) is 0 Å². The Kier molecular flexibility index (Phi) is 3.10. The first-order chi connectivity index (χ1) is 7.09. The van der Waals surface area contributed by atoms with Crippen molar-refractivity contribution in [2.24, 2.45) is 11.8 Å². The van der Waals surface area contributed by atoms with Crippen molar-refractivity contribution in [2.75, 3.05) is 0 Å². The third-order valence-electron chi connectivity index (χ3n) is 3.89. The molecule has 3 heteroatoms. The lowest BCUT2D eigenvalue weighted by molar-refractivity contribution is 0.111. The van der Waals surface area contributed by atoms with E-state index in [-0.39, 0.29) is 6.04 Å². The summed E-state index contributed by atoms with van der Waals surface area (Å²) < 4.78 is 27.3. The summed E-state index contributed by atoms with van der Waals surface area (Å²) in [6.45, 7) is 4.22. The lowest BCUT2D eigenvalue weighted by Gasteiger charge is -2.31. The van der Waals surface area contributed by atoms with Crippen LogP contribution in [0.25, 0.3) is 0 Å². The van der Waals surface area contributed by atoms with Crippen LogP contribution in [-0.2, 0) is 0 Å². The second-order valence-electron chi connectivity index (χ2n) is 4.98. The molecule has 6 atom stereocenters. The summed E-state index contributed by atoms with van der Waals surface area (Å²) in [6, 6.07) is 0.380. The molecule has 1 aliphatic heterocycles. The van der Waals surface area contributed by atoms with E-state index in [0.29, 0.717) is 18.4 Å². The van der Waals surface area contributed by atoms with Crippen LogP contribution in [0.15, 0.2) is 12.2 Å². The number of alkyl halides is 2. The maximum atomic E-state index is 13.7. The van der Waals surface area contributed by atoms with E-state index in [1.165, 1.54) is 6.08 Å². The Morgan fingerprint density at radius 1 is 1.27 bits per heavy atom. The minimum Gasteiger partial charge on any atom is -0.311 e. The van der Waals surface area contributed by atoms with Crippen molar-refractivity contribution in [1.82, 2.24) is 5.32 Å². The topological polar surface area (TPSA) is 12.0 Å². The Labute approximate surface area is 89.9 Å². The van der Waals surface area contributed by atoms with Gasteiger partial charge in [0, 0.05) is 18.0 Å². The van der Waals surface area contributed by atoms with Crippen LogP contribution in [0.1, 0.15) is 26.7 Å². The molecule has 0 radical (unpaired) electrons. The second-order valence-corrected chi connectivity index (χ2v) is 4.98. The highest BCUT2D eigenvalue weighted by Gasteiger charge is 2.41. The molecule has 0 amide bonds. The molecule has 86 valence electrons. The highest BCUT2D eigenvalue weighted by Crippen LogP contribution is 2.34. The van der Waals surface area contributed by atoms with Crippen molar-refractivity contribution in [3.63, 3.8) is 0 Å². The molecular weight excluding hydrogens is 196 g/mol. The molecule has 0 aromatic rings. The fourth-order valence-electron chi connectivity index (χ4n) is 2.74. The minimum absolute atomic E-state index is 0.00458. The van der Waals surface area contributed by atoms with E-state index >= 15 is 0 Å². The van der Waals surface area contributed by atoms with Crippen molar-refractivity contribution in [2.45, 2.75) is 51.1 Å². The van der Waals surface area contributed by atoms with Crippen LogP contribution in [0.5, 0.6) is 0 Å². The van der Waals surface area contributed by atoms with Gasteiger partial charge in [-0.3, -0.25) is 0 Å². The van der Waals surface area contributed by atoms with Gasteiger partial charge in [0.25, 0.3) is 0 Å². The molecule has 2 rings (SSSR count). The molecule has 1 fully saturated rings. The molecule has 2 aliphatic rings. The van der Waals surface area contributed by atoms with E-state index in [0.717, 1.165) is 6.42 Å². The standard InChI is InChI=1S/C12H19F2N/c1-7-6-11(15-8(7)2)12-9(13)4-3-5-10(12)14/h3-4,7-12,15H,5-6H2,1-2H3. The van der Waals surface area contributed by atoms with Gasteiger partial charge < -0.3 is 5.32 Å². The predicted octanol–water partition coefficient (Wildman–Crippen LogP) is 2.63. The van der Waals surface area contributed by atoms with Crippen LogP contribution in [0.4, 0.5) is 8.78 Å². The molecule has 0 aromatic heterocycles.